The lowest BCUT2D eigenvalue weighted by atomic mass is 9.92. The average Bonchev–Trinajstić information content (AvgIpc) is 2.71. The summed E-state index contributed by atoms with van der Waals surface area (Å²) >= 11 is 0. The van der Waals surface area contributed by atoms with Gasteiger partial charge < -0.3 is 15.3 Å². The number of aryl methyl sites for hydroxylation is 2. The minimum Gasteiger partial charge on any atom is -0.508 e. The monoisotopic (exact) mass is 340 g/mol. The van der Waals surface area contributed by atoms with Gasteiger partial charge in [-0.1, -0.05) is 38.1 Å². The van der Waals surface area contributed by atoms with E-state index in [0.29, 0.717) is 5.75 Å². The summed E-state index contributed by atoms with van der Waals surface area (Å²) in [6.45, 7) is 8.47. The Balaban J connectivity index is 0.000000165. The van der Waals surface area contributed by atoms with Gasteiger partial charge in [0.1, 0.15) is 5.75 Å². The number of nitrogens with zero attached hydrogens (tertiary/aromatic N) is 1. The van der Waals surface area contributed by atoms with Crippen molar-refractivity contribution in [2.24, 2.45) is 0 Å². The van der Waals surface area contributed by atoms with E-state index in [2.05, 4.69) is 40.5 Å². The van der Waals surface area contributed by atoms with E-state index in [1.807, 2.05) is 26.0 Å². The number of piperazine rings is 1. The Morgan fingerprint density at radius 1 is 0.840 bits per heavy atom. The van der Waals surface area contributed by atoms with E-state index in [1.165, 1.54) is 36.1 Å². The molecule has 1 heterocycles. The lowest BCUT2D eigenvalue weighted by Gasteiger charge is -2.29. The van der Waals surface area contributed by atoms with Gasteiger partial charge in [0, 0.05) is 31.9 Å². The van der Waals surface area contributed by atoms with E-state index in [0.717, 1.165) is 32.6 Å². The number of hydrogen-bond acceptors (Lipinski definition) is 3. The van der Waals surface area contributed by atoms with Crippen molar-refractivity contribution < 1.29 is 5.11 Å². The highest BCUT2D eigenvalue weighted by atomic mass is 16.3. The van der Waals surface area contributed by atoms with Crippen LogP contribution in [0.5, 0.6) is 5.75 Å². The molecule has 3 nitrogen and oxygen atoms in total. The number of rotatable bonds is 1. The second-order valence-electron chi connectivity index (χ2n) is 6.23. The van der Waals surface area contributed by atoms with Crippen LogP contribution in [0.1, 0.15) is 37.8 Å². The Morgan fingerprint density at radius 3 is 2.16 bits per heavy atom. The quantitative estimate of drug-likeness (QED) is 0.808. The van der Waals surface area contributed by atoms with Crippen LogP contribution in [0, 0.1) is 0 Å². The van der Waals surface area contributed by atoms with Crippen molar-refractivity contribution in [2.75, 3.05) is 31.1 Å². The molecule has 1 fully saturated rings. The van der Waals surface area contributed by atoms with Crippen molar-refractivity contribution in [1.29, 1.82) is 0 Å². The highest BCUT2D eigenvalue weighted by molar-refractivity contribution is 5.46. The summed E-state index contributed by atoms with van der Waals surface area (Å²) in [6.07, 6.45) is 4.91. The molecule has 0 saturated carbocycles. The van der Waals surface area contributed by atoms with E-state index < -0.39 is 0 Å². The molecule has 25 heavy (non-hydrogen) atoms. The zero-order valence-corrected chi connectivity index (χ0v) is 15.7. The van der Waals surface area contributed by atoms with Crippen LogP contribution < -0.4 is 10.2 Å². The van der Waals surface area contributed by atoms with Gasteiger partial charge in [-0.2, -0.15) is 0 Å². The number of nitrogens with one attached hydrogen (secondary N) is 1. The minimum absolute atomic E-state index is 0.408. The first-order chi connectivity index (χ1) is 12.3. The summed E-state index contributed by atoms with van der Waals surface area (Å²) in [4.78, 5) is 2.41. The van der Waals surface area contributed by atoms with E-state index in [4.69, 9.17) is 0 Å². The summed E-state index contributed by atoms with van der Waals surface area (Å²) in [5, 5.41) is 12.5. The molecule has 2 aromatic carbocycles. The molecule has 2 N–H and O–H groups in total. The normalized spacial score (nSPS) is 15.8. The summed E-state index contributed by atoms with van der Waals surface area (Å²) in [5.74, 6) is 0.408. The van der Waals surface area contributed by atoms with Gasteiger partial charge in [-0.3, -0.25) is 0 Å². The number of fused-ring (bicyclic) bond motifs is 1. The Morgan fingerprint density at radius 2 is 1.48 bits per heavy atom. The molecule has 3 heteroatoms. The summed E-state index contributed by atoms with van der Waals surface area (Å²) in [7, 11) is 0. The first-order valence-electron chi connectivity index (χ1n) is 9.64. The fraction of sp³-hybridized carbons (Fsp3) is 0.455. The maximum Gasteiger partial charge on any atom is 0.115 e. The number of phenolic OH excluding ortho intramolecular Hbond substituents is 1. The van der Waals surface area contributed by atoms with Gasteiger partial charge >= 0.3 is 0 Å². The lowest BCUT2D eigenvalue weighted by molar-refractivity contribution is 0.473. The van der Waals surface area contributed by atoms with E-state index >= 15 is 0 Å². The molecule has 4 rings (SSSR count). The molecular weight excluding hydrogens is 308 g/mol. The largest absolute Gasteiger partial charge is 0.508 e. The van der Waals surface area contributed by atoms with Gasteiger partial charge in [0.15, 0.2) is 0 Å². The molecule has 0 unspecified atom stereocenters. The maximum atomic E-state index is 9.19. The van der Waals surface area contributed by atoms with Crippen molar-refractivity contribution in [3.8, 4) is 5.75 Å². The third-order valence-corrected chi connectivity index (χ3v) is 4.57. The predicted molar refractivity (Wildman–Crippen MR) is 108 cm³/mol. The molecule has 0 atom stereocenters. The van der Waals surface area contributed by atoms with Gasteiger partial charge in [-0.15, -0.1) is 0 Å². The first-order valence-corrected chi connectivity index (χ1v) is 9.64. The van der Waals surface area contributed by atoms with Crippen molar-refractivity contribution in [3.05, 3.63) is 59.7 Å². The second kappa shape index (κ2) is 10.8. The minimum atomic E-state index is 0.408. The SMILES string of the molecule is CC.Oc1ccc2c(c1)CCCC2.c1ccc(N2CCNCC2)cc1. The van der Waals surface area contributed by atoms with Crippen LogP contribution in [-0.4, -0.2) is 31.3 Å². The molecule has 2 aliphatic rings. The smallest absolute Gasteiger partial charge is 0.115 e. The number of anilines is 1. The van der Waals surface area contributed by atoms with Crippen LogP contribution in [0.3, 0.4) is 0 Å². The summed E-state index contributed by atoms with van der Waals surface area (Å²) < 4.78 is 0. The van der Waals surface area contributed by atoms with Gasteiger partial charge in [-0.25, -0.2) is 0 Å². The van der Waals surface area contributed by atoms with E-state index in [-0.39, 0.29) is 0 Å². The van der Waals surface area contributed by atoms with Crippen LogP contribution in [0.25, 0.3) is 0 Å². The third-order valence-electron chi connectivity index (χ3n) is 4.57. The van der Waals surface area contributed by atoms with Crippen LogP contribution in [0.15, 0.2) is 48.5 Å². The van der Waals surface area contributed by atoms with Crippen LogP contribution in [0.4, 0.5) is 5.69 Å². The Hall–Kier alpha value is -2.00. The molecule has 136 valence electrons. The topological polar surface area (TPSA) is 35.5 Å². The van der Waals surface area contributed by atoms with Crippen molar-refractivity contribution in [3.63, 3.8) is 0 Å². The zero-order valence-electron chi connectivity index (χ0n) is 15.7. The highest BCUT2D eigenvalue weighted by Crippen LogP contribution is 2.24. The predicted octanol–water partition coefficient (Wildman–Crippen LogP) is 4.39. The fourth-order valence-electron chi connectivity index (χ4n) is 3.28. The van der Waals surface area contributed by atoms with Gasteiger partial charge in [0.2, 0.25) is 0 Å². The number of aromatic hydroxyl groups is 1. The standard InChI is InChI=1S/C10H14N2.C10H12O.C2H6/c1-2-4-10(5-3-1)12-8-6-11-7-9-12;11-10-6-5-8-3-1-2-4-9(8)7-10;1-2/h1-5,11H,6-9H2;5-7,11H,1-4H2;1-2H3. The van der Waals surface area contributed by atoms with E-state index in [9.17, 15) is 5.11 Å². The van der Waals surface area contributed by atoms with Crippen LogP contribution in [0.2, 0.25) is 0 Å². The molecule has 0 spiro atoms. The summed E-state index contributed by atoms with van der Waals surface area (Å²) in [6, 6.07) is 16.3. The fourth-order valence-corrected chi connectivity index (χ4v) is 3.28. The lowest BCUT2D eigenvalue weighted by Crippen LogP contribution is -2.43. The number of phenols is 1. The van der Waals surface area contributed by atoms with Crippen LogP contribution in [-0.2, 0) is 12.8 Å². The zero-order chi connectivity index (χ0) is 17.9. The van der Waals surface area contributed by atoms with Gasteiger partial charge in [-0.05, 0) is 61.1 Å². The Bertz CT molecular complexity index is 607. The molecule has 1 saturated heterocycles. The molecule has 1 aliphatic heterocycles. The molecule has 2 aromatic rings. The van der Waals surface area contributed by atoms with Crippen LogP contribution >= 0.6 is 0 Å². The molecule has 0 aromatic heterocycles. The average molecular weight is 341 g/mol. The highest BCUT2D eigenvalue weighted by Gasteiger charge is 2.09. The van der Waals surface area contributed by atoms with Gasteiger partial charge in [0.25, 0.3) is 0 Å². The van der Waals surface area contributed by atoms with E-state index in [1.54, 1.807) is 6.07 Å². The Kier molecular flexibility index (Phi) is 8.33. The number of benzene rings is 2. The number of hydrogen-bond donors (Lipinski definition) is 2. The van der Waals surface area contributed by atoms with Crippen molar-refractivity contribution >= 4 is 5.69 Å². The van der Waals surface area contributed by atoms with Crippen molar-refractivity contribution in [2.45, 2.75) is 39.5 Å². The van der Waals surface area contributed by atoms with Crippen molar-refractivity contribution in [1.82, 2.24) is 5.32 Å². The first kappa shape index (κ1) is 19.3. The molecule has 1 aliphatic carbocycles. The Labute approximate surface area is 152 Å². The molecule has 0 amide bonds. The number of para-hydroxylation sites is 1. The molecule has 0 bridgehead atoms. The summed E-state index contributed by atoms with van der Waals surface area (Å²) in [5.41, 5.74) is 4.12. The molecular formula is C22H32N2O. The molecule has 0 radical (unpaired) electrons. The third kappa shape index (κ3) is 6.09. The maximum absolute atomic E-state index is 9.19. The van der Waals surface area contributed by atoms with Gasteiger partial charge in [0.05, 0.1) is 0 Å². The second-order valence-corrected chi connectivity index (χ2v) is 6.23.